The van der Waals surface area contributed by atoms with Gasteiger partial charge in [-0.3, -0.25) is 0 Å². The Morgan fingerprint density at radius 1 is 0.300 bits per heavy atom. The molecule has 0 bridgehead atoms. The first-order valence-electron chi connectivity index (χ1n) is 16.2. The van der Waals surface area contributed by atoms with Crippen LogP contribution in [0.5, 0.6) is 0 Å². The molecule has 8 aromatic carbocycles. The molecule has 8 aromatic rings. The molecule has 0 saturated heterocycles. The maximum absolute atomic E-state index is 4.26. The van der Waals surface area contributed by atoms with Crippen molar-refractivity contribution in [1.29, 1.82) is 0 Å². The summed E-state index contributed by atoms with van der Waals surface area (Å²) in [7, 11) is 3.37. The second-order valence-electron chi connectivity index (χ2n) is 10.9. The van der Waals surface area contributed by atoms with Crippen molar-refractivity contribution < 1.29 is 14.6 Å². The van der Waals surface area contributed by atoms with Crippen molar-refractivity contribution in [3.63, 3.8) is 0 Å². The summed E-state index contributed by atoms with van der Waals surface area (Å²) < 4.78 is 0. The largest absolute Gasteiger partial charge is 0.147 e. The SMILES string of the molecule is [Cl][Ni].[c-]1cccc2ccccc12.c1ccc(P(c2ccccc2)c2ccccc2)cc1.c1ccc(P(c2ccccc2)c2ccccc2)cc1. The molecule has 0 unspecified atom stereocenters. The van der Waals surface area contributed by atoms with Gasteiger partial charge in [-0.15, -0.1) is 47.2 Å². The third-order valence-corrected chi connectivity index (χ3v) is 12.5. The smallest absolute Gasteiger partial charge is 0.0134 e. The second-order valence-corrected chi connectivity index (χ2v) is 15.4. The van der Waals surface area contributed by atoms with Gasteiger partial charge < -0.3 is 0 Å². The van der Waals surface area contributed by atoms with Crippen LogP contribution in [0.1, 0.15) is 0 Å². The Morgan fingerprint density at radius 2 is 0.540 bits per heavy atom. The minimum absolute atomic E-state index is 0.446. The Labute approximate surface area is 312 Å². The summed E-state index contributed by atoms with van der Waals surface area (Å²) >= 11 is 3.35. The maximum atomic E-state index is 4.26. The van der Waals surface area contributed by atoms with Crippen LogP contribution in [0.2, 0.25) is 0 Å². The number of rotatable bonds is 6. The average Bonchev–Trinajstić information content (AvgIpc) is 3.22. The molecule has 0 spiro atoms. The zero-order valence-corrected chi connectivity index (χ0v) is 31.0. The third-order valence-electron chi connectivity index (χ3n) is 7.66. The minimum Gasteiger partial charge on any atom is -0.147 e. The molecule has 0 aliphatic carbocycles. The van der Waals surface area contributed by atoms with Crippen LogP contribution >= 0.6 is 26.0 Å². The predicted molar refractivity (Wildman–Crippen MR) is 219 cm³/mol. The van der Waals surface area contributed by atoms with Gasteiger partial charge in [0.05, 0.1) is 0 Å². The number of fused-ring (bicyclic) bond motifs is 1. The molecule has 0 fully saturated rings. The number of hydrogen-bond acceptors (Lipinski definition) is 0. The molecule has 0 heterocycles. The number of hydrogen-bond donors (Lipinski definition) is 0. The van der Waals surface area contributed by atoms with Crippen molar-refractivity contribution in [2.24, 2.45) is 0 Å². The van der Waals surface area contributed by atoms with Crippen molar-refractivity contribution in [1.82, 2.24) is 0 Å². The quantitative estimate of drug-likeness (QED) is 0.0904. The fraction of sp³-hybridized carbons (Fsp3) is 0. The zero-order chi connectivity index (χ0) is 34.6. The fourth-order valence-corrected chi connectivity index (χ4v) is 10.0. The standard InChI is InChI=1S/2C18H15P.C10H7.ClH.Ni/c2*1-4-10-16(11-5-1)19(17-12-6-2-7-13-17)18-14-8-3-9-15-18;1-2-6-10-8-4-3-7-9(10)5-1;;/h2*1-15H;1-7H;1H;/q;;-1;;+1/p-1. The zero-order valence-electron chi connectivity index (χ0n) is 27.5. The summed E-state index contributed by atoms with van der Waals surface area (Å²) in [5, 5.41) is 10.8. The molecule has 249 valence electrons. The summed E-state index contributed by atoms with van der Waals surface area (Å²) in [6.45, 7) is 0. The Morgan fingerprint density at radius 3 is 0.820 bits per heavy atom. The van der Waals surface area contributed by atoms with E-state index in [1.54, 1.807) is 0 Å². The van der Waals surface area contributed by atoms with Crippen LogP contribution in [-0.2, 0) is 14.6 Å². The summed E-state index contributed by atoms with van der Waals surface area (Å²) in [5.41, 5.74) is 0. The molecule has 8 rings (SSSR count). The van der Waals surface area contributed by atoms with E-state index in [4.69, 9.17) is 0 Å². The van der Waals surface area contributed by atoms with Gasteiger partial charge in [0, 0.05) is 0 Å². The first kappa shape index (κ1) is 36.9. The van der Waals surface area contributed by atoms with Crippen molar-refractivity contribution in [3.05, 3.63) is 231 Å². The fourth-order valence-electron chi connectivity index (χ4n) is 5.42. The molecule has 0 aliphatic rings. The molecule has 50 heavy (non-hydrogen) atoms. The van der Waals surface area contributed by atoms with Gasteiger partial charge in [0.1, 0.15) is 0 Å². The normalized spacial score (nSPS) is 10.2. The van der Waals surface area contributed by atoms with E-state index in [1.165, 1.54) is 42.6 Å². The first-order chi connectivity index (χ1) is 24.9. The third kappa shape index (κ3) is 10.8. The van der Waals surface area contributed by atoms with Crippen molar-refractivity contribution in [2.45, 2.75) is 0 Å². The van der Waals surface area contributed by atoms with Crippen LogP contribution in [0.4, 0.5) is 0 Å². The molecule has 0 amide bonds. The van der Waals surface area contributed by atoms with Crippen LogP contribution in [0.25, 0.3) is 10.8 Å². The summed E-state index contributed by atoms with van der Waals surface area (Å²) in [5.74, 6) is 0. The van der Waals surface area contributed by atoms with Gasteiger partial charge in [0.15, 0.2) is 0 Å². The van der Waals surface area contributed by atoms with Crippen molar-refractivity contribution in [3.8, 4) is 0 Å². The maximum Gasteiger partial charge on any atom is -0.0134 e. The van der Waals surface area contributed by atoms with Crippen LogP contribution in [0.15, 0.2) is 224 Å². The Balaban J connectivity index is 0.000000149. The van der Waals surface area contributed by atoms with E-state index in [0.29, 0.717) is 0 Å². The van der Waals surface area contributed by atoms with E-state index in [9.17, 15) is 0 Å². The van der Waals surface area contributed by atoms with Crippen LogP contribution in [0.3, 0.4) is 0 Å². The van der Waals surface area contributed by atoms with Gasteiger partial charge >= 0.3 is 24.8 Å². The molecular weight excluding hydrogens is 709 g/mol. The Kier molecular flexibility index (Phi) is 15.5. The molecule has 0 nitrogen and oxygen atoms in total. The van der Waals surface area contributed by atoms with E-state index < -0.39 is 15.8 Å². The molecule has 0 aromatic heterocycles. The van der Waals surface area contributed by atoms with Gasteiger partial charge in [-0.05, 0) is 47.7 Å². The molecule has 0 radical (unpaired) electrons. The monoisotopic (exact) mass is 744 g/mol. The van der Waals surface area contributed by atoms with Gasteiger partial charge in [0.25, 0.3) is 0 Å². The van der Waals surface area contributed by atoms with Crippen molar-refractivity contribution >= 4 is 68.6 Å². The van der Waals surface area contributed by atoms with Gasteiger partial charge in [-0.25, -0.2) is 0 Å². The summed E-state index contributed by atoms with van der Waals surface area (Å²) in [6.07, 6.45) is 0. The predicted octanol–water partition coefficient (Wildman–Crippen LogP) is 10.2. The molecule has 0 aliphatic heterocycles. The van der Waals surface area contributed by atoms with Crippen molar-refractivity contribution in [2.75, 3.05) is 0 Å². The molecule has 4 heteroatoms. The number of halogens is 1. The van der Waals surface area contributed by atoms with E-state index in [2.05, 4.69) is 231 Å². The van der Waals surface area contributed by atoms with Crippen LogP contribution in [-0.4, -0.2) is 0 Å². The first-order valence-corrected chi connectivity index (χ1v) is 20.3. The van der Waals surface area contributed by atoms with Gasteiger partial charge in [-0.2, -0.15) is 0 Å². The molecule has 0 N–H and O–H groups in total. The van der Waals surface area contributed by atoms with E-state index >= 15 is 0 Å². The minimum atomic E-state index is -0.446. The van der Waals surface area contributed by atoms with E-state index in [1.807, 2.05) is 24.3 Å². The average molecular weight is 746 g/mol. The van der Waals surface area contributed by atoms with Crippen LogP contribution < -0.4 is 31.8 Å². The summed E-state index contributed by atoms with van der Waals surface area (Å²) in [6, 6.07) is 82.0. The van der Waals surface area contributed by atoms with E-state index in [0.717, 1.165) is 0 Å². The van der Waals surface area contributed by atoms with E-state index in [-0.39, 0.29) is 0 Å². The van der Waals surface area contributed by atoms with Gasteiger partial charge in [0.2, 0.25) is 0 Å². The summed E-state index contributed by atoms with van der Waals surface area (Å²) in [4.78, 5) is 0. The second kappa shape index (κ2) is 21.0. The molecule has 0 atom stereocenters. The van der Waals surface area contributed by atoms with Crippen LogP contribution in [0, 0.1) is 6.07 Å². The number of benzene rings is 8. The Bertz CT molecular complexity index is 1690. The van der Waals surface area contributed by atoms with Gasteiger partial charge in [-0.1, -0.05) is 194 Å². The molecule has 0 saturated carbocycles. The molecular formula is C46H37ClNiP2-. The Hall–Kier alpha value is -4.34. The topological polar surface area (TPSA) is 0 Å².